The highest BCUT2D eigenvalue weighted by molar-refractivity contribution is 5.96. The number of ketones is 3. The van der Waals surface area contributed by atoms with E-state index in [4.69, 9.17) is 29.7 Å². The Morgan fingerprint density at radius 1 is 0.515 bits per heavy atom. The third-order valence-electron chi connectivity index (χ3n) is 12.8. The molecule has 0 saturated heterocycles. The second kappa shape index (κ2) is 33.6. The van der Waals surface area contributed by atoms with E-state index in [0.29, 0.717) is 43.3 Å². The number of nitrogens with zero attached hydrogens (tertiary/aromatic N) is 3. The Bertz CT molecular complexity index is 1490. The molecular formula is C49H87N3O16. The second-order valence-electron chi connectivity index (χ2n) is 19.3. The smallest absolute Gasteiger partial charge is 0.307 e. The molecule has 0 spiro atoms. The van der Waals surface area contributed by atoms with E-state index >= 15 is 0 Å². The van der Waals surface area contributed by atoms with E-state index in [9.17, 15) is 38.4 Å². The average Bonchev–Trinajstić information content (AvgIpc) is 3.22. The first-order valence-corrected chi connectivity index (χ1v) is 24.0. The van der Waals surface area contributed by atoms with Gasteiger partial charge in [-0.25, -0.2) is 15.2 Å². The molecule has 3 N–H and O–H groups in total. The van der Waals surface area contributed by atoms with Crippen LogP contribution < -0.4 is 0 Å². The summed E-state index contributed by atoms with van der Waals surface area (Å²) in [5, 5.41) is 29.4. The number of rotatable bonds is 10. The zero-order valence-electron chi connectivity index (χ0n) is 43.5. The number of carbonyl (C=O) groups excluding carboxylic acids is 7. The number of aliphatic hydroxyl groups excluding tert-OH is 2. The van der Waals surface area contributed by atoms with E-state index in [0.717, 1.165) is 80.8 Å². The van der Waals surface area contributed by atoms with Gasteiger partial charge >= 0.3 is 11.9 Å². The molecule has 19 heteroatoms. The minimum absolute atomic E-state index is 0.0325. The average molecular weight is 974 g/mol. The number of aliphatic carboxylic acids is 1. The van der Waals surface area contributed by atoms with Gasteiger partial charge in [0.2, 0.25) is 17.7 Å². The number of ether oxygens (including phenoxy) is 2. The molecule has 394 valence electrons. The maximum absolute atomic E-state index is 11.3. The van der Waals surface area contributed by atoms with Gasteiger partial charge in [0.15, 0.2) is 0 Å². The van der Waals surface area contributed by atoms with Crippen LogP contribution in [0.25, 0.3) is 0 Å². The van der Waals surface area contributed by atoms with Gasteiger partial charge in [0.05, 0.1) is 45.4 Å². The van der Waals surface area contributed by atoms with E-state index in [1.165, 1.54) is 38.4 Å². The lowest BCUT2D eigenvalue weighted by Gasteiger charge is -2.33. The van der Waals surface area contributed by atoms with Crippen LogP contribution in [0, 0.1) is 53.3 Å². The standard InChI is InChI=1S/C8H15NO2.C7H13NO3.C7H11NO3.C7H12O2.C7H12O.C5H6O3.C5H10O.C3H8O/c1-6-4-7(5-6)8(10)9(2)11-3;2*1-8(11-2)7(10)5-3-6(9)4-5;1-5-3-7(4-5)9-6(2)8;1-5-3-7(4-5)6(2)8;6-4-1-3(2-4)5(7)8;1-4-2-5(6)3-4;1-3-4-2/h6-7H,4-5H2,1-3H3;5-6,9H,3-4H2,1-2H3;5H,3-4H2,1-2H3;5,7H,3-4H2,1-2H3;5,7H,3-4H2,1-2H3;3H,1-2H2,(H,7,8);4-6H,2-3H2,1H3;3H2,1-2H3. The highest BCUT2D eigenvalue weighted by Gasteiger charge is 2.37. The summed E-state index contributed by atoms with van der Waals surface area (Å²) >= 11 is 0. The van der Waals surface area contributed by atoms with Crippen LogP contribution in [-0.4, -0.2) is 152 Å². The summed E-state index contributed by atoms with van der Waals surface area (Å²) in [7, 11) is 10.9. The SMILES string of the molecule is CC(=O)C1CC(C)C1.CC(=O)OC1CC(C)C1.CC1CC(O)C1.CCOC.CON(C)C(=O)C1CC(=O)C1.CON(C)C(=O)C1CC(C)C1.CON(C)C(=O)C1CC(O)C1.O=C1CC(C(=O)O)C1. The van der Waals surface area contributed by atoms with Crippen LogP contribution in [0.1, 0.15) is 138 Å². The van der Waals surface area contributed by atoms with Crippen LogP contribution in [0.15, 0.2) is 0 Å². The minimum atomic E-state index is -0.843. The fraction of sp³-hybridized carbons (Fsp3) is 0.837. The highest BCUT2D eigenvalue weighted by Crippen LogP contribution is 2.35. The molecule has 0 aliphatic heterocycles. The first-order chi connectivity index (χ1) is 31.7. The number of hydrogen-bond donors (Lipinski definition) is 3. The molecule has 0 unspecified atom stereocenters. The number of carbonyl (C=O) groups is 8. The second-order valence-corrected chi connectivity index (χ2v) is 19.3. The Kier molecular flexibility index (Phi) is 31.7. The van der Waals surface area contributed by atoms with E-state index in [2.05, 4.69) is 37.3 Å². The van der Waals surface area contributed by atoms with Crippen molar-refractivity contribution >= 4 is 47.0 Å². The summed E-state index contributed by atoms with van der Waals surface area (Å²) in [6, 6.07) is 0. The fourth-order valence-corrected chi connectivity index (χ4v) is 7.52. The van der Waals surface area contributed by atoms with Crippen LogP contribution in [0.5, 0.6) is 0 Å². The van der Waals surface area contributed by atoms with Crippen LogP contribution in [0.4, 0.5) is 0 Å². The Balaban J connectivity index is 0.000000765. The van der Waals surface area contributed by atoms with Gasteiger partial charge in [-0.05, 0) is 102 Å². The lowest BCUT2D eigenvalue weighted by Crippen LogP contribution is -2.41. The number of aliphatic hydroxyl groups is 2. The van der Waals surface area contributed by atoms with Gasteiger partial charge < -0.3 is 24.8 Å². The van der Waals surface area contributed by atoms with Crippen LogP contribution in [0.2, 0.25) is 0 Å². The summed E-state index contributed by atoms with van der Waals surface area (Å²) < 4.78 is 9.46. The van der Waals surface area contributed by atoms with Crippen molar-refractivity contribution in [2.24, 2.45) is 53.3 Å². The van der Waals surface area contributed by atoms with E-state index in [-0.39, 0.29) is 90.1 Å². The van der Waals surface area contributed by atoms with Gasteiger partial charge in [-0.2, -0.15) is 0 Å². The molecule has 3 amide bonds. The number of methoxy groups -OCH3 is 1. The maximum atomic E-state index is 11.3. The third kappa shape index (κ3) is 25.6. The number of amides is 3. The molecule has 7 saturated carbocycles. The number of Topliss-reactive ketones (excluding diaryl/α,β-unsaturated/α-hetero) is 3. The van der Waals surface area contributed by atoms with E-state index in [1.807, 2.05) is 6.92 Å². The predicted octanol–water partition coefficient (Wildman–Crippen LogP) is 5.26. The van der Waals surface area contributed by atoms with E-state index in [1.54, 1.807) is 35.2 Å². The van der Waals surface area contributed by atoms with Crippen LogP contribution in [-0.2, 0) is 62.3 Å². The summed E-state index contributed by atoms with van der Waals surface area (Å²) in [5.41, 5.74) is 0. The van der Waals surface area contributed by atoms with Gasteiger partial charge in [0.1, 0.15) is 23.5 Å². The van der Waals surface area contributed by atoms with Crippen molar-refractivity contribution in [3.63, 3.8) is 0 Å². The Morgan fingerprint density at radius 2 is 0.824 bits per heavy atom. The topological polar surface area (TPSA) is 253 Å². The van der Waals surface area contributed by atoms with Crippen molar-refractivity contribution < 1.29 is 77.7 Å². The van der Waals surface area contributed by atoms with E-state index < -0.39 is 5.97 Å². The lowest BCUT2D eigenvalue weighted by molar-refractivity contribution is -0.179. The first kappa shape index (κ1) is 64.1. The molecular weight excluding hydrogens is 887 g/mol. The summed E-state index contributed by atoms with van der Waals surface area (Å²) in [4.78, 5) is 99.4. The minimum Gasteiger partial charge on any atom is -0.481 e. The molecule has 7 aliphatic rings. The quantitative estimate of drug-likeness (QED) is 0.186. The Morgan fingerprint density at radius 3 is 1.03 bits per heavy atom. The van der Waals surface area contributed by atoms with Crippen molar-refractivity contribution in [1.29, 1.82) is 0 Å². The molecule has 7 aliphatic carbocycles. The molecule has 0 bridgehead atoms. The molecule has 68 heavy (non-hydrogen) atoms. The predicted molar refractivity (Wildman–Crippen MR) is 252 cm³/mol. The molecule has 0 heterocycles. The molecule has 7 rings (SSSR count). The number of esters is 1. The molecule has 19 nitrogen and oxygen atoms in total. The number of carboxylic acids is 1. The monoisotopic (exact) mass is 974 g/mol. The fourth-order valence-electron chi connectivity index (χ4n) is 7.52. The van der Waals surface area contributed by atoms with Gasteiger partial charge in [0.25, 0.3) is 0 Å². The normalized spacial score (nSPS) is 27.8. The Labute approximate surface area is 405 Å². The molecule has 0 aromatic carbocycles. The first-order valence-electron chi connectivity index (χ1n) is 24.0. The Hall–Kier alpha value is -3.88. The van der Waals surface area contributed by atoms with Crippen molar-refractivity contribution in [1.82, 2.24) is 15.2 Å². The molecule has 0 aromatic heterocycles. The highest BCUT2D eigenvalue weighted by atomic mass is 16.7. The molecule has 0 aromatic rings. The third-order valence-corrected chi connectivity index (χ3v) is 12.8. The van der Waals surface area contributed by atoms with Gasteiger partial charge in [0, 0.05) is 85.2 Å². The van der Waals surface area contributed by atoms with Gasteiger partial charge in [-0.1, -0.05) is 27.7 Å². The van der Waals surface area contributed by atoms with Crippen molar-refractivity contribution in [3.05, 3.63) is 0 Å². The molecule has 0 radical (unpaired) electrons. The van der Waals surface area contributed by atoms with Crippen molar-refractivity contribution in [2.75, 3.05) is 56.2 Å². The zero-order chi connectivity index (χ0) is 52.4. The number of hydroxylamine groups is 6. The molecule has 7 fully saturated rings. The maximum Gasteiger partial charge on any atom is 0.307 e. The largest absolute Gasteiger partial charge is 0.481 e. The van der Waals surface area contributed by atoms with Crippen LogP contribution in [0.3, 0.4) is 0 Å². The number of hydrogen-bond acceptors (Lipinski definition) is 15. The van der Waals surface area contributed by atoms with Crippen molar-refractivity contribution in [3.8, 4) is 0 Å². The summed E-state index contributed by atoms with van der Waals surface area (Å²) in [5.74, 6) is 2.76. The van der Waals surface area contributed by atoms with Crippen LogP contribution >= 0.6 is 0 Å². The number of carboxylic acid groups (broad SMARTS) is 1. The molecule has 0 atom stereocenters. The van der Waals surface area contributed by atoms with Gasteiger partial charge in [-0.3, -0.25) is 52.9 Å². The zero-order valence-corrected chi connectivity index (χ0v) is 43.5. The lowest BCUT2D eigenvalue weighted by atomic mass is 9.74. The summed E-state index contributed by atoms with van der Waals surface area (Å²) in [6.07, 6.45) is 10.9. The summed E-state index contributed by atoms with van der Waals surface area (Å²) in [6.45, 7) is 14.6. The van der Waals surface area contributed by atoms with Crippen molar-refractivity contribution in [2.45, 2.75) is 157 Å². The van der Waals surface area contributed by atoms with Gasteiger partial charge in [-0.15, -0.1) is 0 Å².